The molecule has 15 heavy (non-hydrogen) atoms. The Labute approximate surface area is 94.7 Å². The van der Waals surface area contributed by atoms with Crippen molar-refractivity contribution in [3.05, 3.63) is 64.9 Å². The van der Waals surface area contributed by atoms with Gasteiger partial charge in [-0.25, -0.2) is 0 Å². The predicted octanol–water partition coefficient (Wildman–Crippen LogP) is 3.89. The van der Waals surface area contributed by atoms with Crippen molar-refractivity contribution in [3.63, 3.8) is 0 Å². The fraction of sp³-hybridized carbons (Fsp3) is 0.154. The number of pyridine rings is 1. The number of benzene rings is 1. The molecule has 1 atom stereocenters. The minimum Gasteiger partial charge on any atom is -0.264 e. The summed E-state index contributed by atoms with van der Waals surface area (Å²) in [5.74, 6) is 0.331. The molecule has 0 saturated heterocycles. The normalized spacial score (nSPS) is 12.4. The molecule has 1 nitrogen and oxygen atoms in total. The van der Waals surface area contributed by atoms with E-state index in [0.717, 1.165) is 5.02 Å². The van der Waals surface area contributed by atoms with Crippen molar-refractivity contribution in [2.45, 2.75) is 12.8 Å². The van der Waals surface area contributed by atoms with Crippen LogP contribution in [0.25, 0.3) is 0 Å². The van der Waals surface area contributed by atoms with Crippen LogP contribution in [0, 0.1) is 0 Å². The van der Waals surface area contributed by atoms with Crippen LogP contribution in [-0.2, 0) is 0 Å². The van der Waals surface area contributed by atoms with Gasteiger partial charge in [-0.15, -0.1) is 0 Å². The molecule has 0 spiro atoms. The Morgan fingerprint density at radius 1 is 1.13 bits per heavy atom. The zero-order valence-electron chi connectivity index (χ0n) is 8.52. The summed E-state index contributed by atoms with van der Waals surface area (Å²) >= 11 is 5.96. The number of halogens is 1. The van der Waals surface area contributed by atoms with E-state index >= 15 is 0 Å². The van der Waals surface area contributed by atoms with Crippen LogP contribution < -0.4 is 0 Å². The lowest BCUT2D eigenvalue weighted by Crippen LogP contribution is -1.95. The Balaban J connectivity index is 2.32. The van der Waals surface area contributed by atoms with Crippen LogP contribution in [0.3, 0.4) is 0 Å². The molecule has 76 valence electrons. The van der Waals surface area contributed by atoms with Crippen molar-refractivity contribution in [2.24, 2.45) is 0 Å². The van der Waals surface area contributed by atoms with Gasteiger partial charge in [0.15, 0.2) is 0 Å². The SMILES string of the molecule is CC(c1cccnc1)c1cccc(Cl)c1. The summed E-state index contributed by atoms with van der Waals surface area (Å²) in [6.45, 7) is 2.16. The maximum absolute atomic E-state index is 5.96. The van der Waals surface area contributed by atoms with E-state index in [1.54, 1.807) is 6.20 Å². The summed E-state index contributed by atoms with van der Waals surface area (Å²) in [6.07, 6.45) is 3.68. The molecule has 0 fully saturated rings. The van der Waals surface area contributed by atoms with Crippen molar-refractivity contribution < 1.29 is 0 Å². The molecule has 1 aromatic heterocycles. The van der Waals surface area contributed by atoms with Gasteiger partial charge in [-0.1, -0.05) is 36.7 Å². The molecule has 1 unspecified atom stereocenters. The van der Waals surface area contributed by atoms with Crippen molar-refractivity contribution in [1.29, 1.82) is 0 Å². The second kappa shape index (κ2) is 4.45. The third kappa shape index (κ3) is 2.37. The van der Waals surface area contributed by atoms with E-state index < -0.39 is 0 Å². The Hall–Kier alpha value is -1.34. The van der Waals surface area contributed by atoms with E-state index in [1.807, 2.05) is 30.5 Å². The summed E-state index contributed by atoms with van der Waals surface area (Å²) in [7, 11) is 0. The lowest BCUT2D eigenvalue weighted by molar-refractivity contribution is 0.911. The number of rotatable bonds is 2. The molecular weight excluding hydrogens is 206 g/mol. The molecular formula is C13H12ClN. The first-order valence-electron chi connectivity index (χ1n) is 4.93. The topological polar surface area (TPSA) is 12.9 Å². The monoisotopic (exact) mass is 217 g/mol. The molecule has 0 bridgehead atoms. The van der Waals surface area contributed by atoms with Crippen LogP contribution >= 0.6 is 11.6 Å². The van der Waals surface area contributed by atoms with Crippen molar-refractivity contribution >= 4 is 11.6 Å². The highest BCUT2D eigenvalue weighted by molar-refractivity contribution is 6.30. The first kappa shape index (κ1) is 10.2. The maximum atomic E-state index is 5.96. The summed E-state index contributed by atoms with van der Waals surface area (Å²) in [5.41, 5.74) is 2.43. The summed E-state index contributed by atoms with van der Waals surface area (Å²) in [5, 5.41) is 0.781. The van der Waals surface area contributed by atoms with E-state index in [-0.39, 0.29) is 0 Å². The van der Waals surface area contributed by atoms with Crippen LogP contribution in [0.15, 0.2) is 48.8 Å². The predicted molar refractivity (Wildman–Crippen MR) is 63.2 cm³/mol. The van der Waals surface area contributed by atoms with E-state index in [4.69, 9.17) is 11.6 Å². The van der Waals surface area contributed by atoms with Crippen LogP contribution in [0.1, 0.15) is 24.0 Å². The molecule has 1 heterocycles. The van der Waals surface area contributed by atoms with Gasteiger partial charge < -0.3 is 0 Å². The van der Waals surface area contributed by atoms with Crippen LogP contribution in [0.5, 0.6) is 0 Å². The van der Waals surface area contributed by atoms with Gasteiger partial charge in [-0.3, -0.25) is 4.98 Å². The van der Waals surface area contributed by atoms with Gasteiger partial charge in [-0.2, -0.15) is 0 Å². The summed E-state index contributed by atoms with van der Waals surface area (Å²) in [6, 6.07) is 12.0. The van der Waals surface area contributed by atoms with Gasteiger partial charge in [0.05, 0.1) is 0 Å². The summed E-state index contributed by atoms with van der Waals surface area (Å²) < 4.78 is 0. The second-order valence-electron chi connectivity index (χ2n) is 3.56. The third-order valence-electron chi connectivity index (χ3n) is 2.53. The fourth-order valence-electron chi connectivity index (χ4n) is 1.60. The zero-order valence-corrected chi connectivity index (χ0v) is 9.28. The van der Waals surface area contributed by atoms with Crippen LogP contribution in [0.4, 0.5) is 0 Å². The molecule has 0 radical (unpaired) electrons. The molecule has 0 aliphatic carbocycles. The van der Waals surface area contributed by atoms with Crippen molar-refractivity contribution in [2.75, 3.05) is 0 Å². The highest BCUT2D eigenvalue weighted by Crippen LogP contribution is 2.25. The van der Waals surface area contributed by atoms with Crippen LogP contribution in [0.2, 0.25) is 5.02 Å². The first-order valence-corrected chi connectivity index (χ1v) is 5.30. The average molecular weight is 218 g/mol. The van der Waals surface area contributed by atoms with Crippen molar-refractivity contribution in [1.82, 2.24) is 4.98 Å². The molecule has 0 saturated carbocycles. The maximum Gasteiger partial charge on any atom is 0.0408 e. The van der Waals surface area contributed by atoms with Crippen LogP contribution in [-0.4, -0.2) is 4.98 Å². The van der Waals surface area contributed by atoms with Gasteiger partial charge in [0.25, 0.3) is 0 Å². The largest absolute Gasteiger partial charge is 0.264 e. The van der Waals surface area contributed by atoms with Gasteiger partial charge in [-0.05, 0) is 29.3 Å². The zero-order chi connectivity index (χ0) is 10.7. The Kier molecular flexibility index (Phi) is 3.02. The average Bonchev–Trinajstić information content (AvgIpc) is 2.29. The highest BCUT2D eigenvalue weighted by Gasteiger charge is 2.07. The minimum absolute atomic E-state index is 0.331. The van der Waals surface area contributed by atoms with Gasteiger partial charge >= 0.3 is 0 Å². The fourth-order valence-corrected chi connectivity index (χ4v) is 1.80. The van der Waals surface area contributed by atoms with Gasteiger partial charge in [0.2, 0.25) is 0 Å². The summed E-state index contributed by atoms with van der Waals surface area (Å²) in [4.78, 5) is 4.12. The molecule has 1 aromatic carbocycles. The lowest BCUT2D eigenvalue weighted by atomic mass is 9.95. The standard InChI is InChI=1S/C13H12ClN/c1-10(12-5-3-7-15-9-12)11-4-2-6-13(14)8-11/h2-10H,1H3. The number of aromatic nitrogens is 1. The molecule has 0 aliphatic heterocycles. The van der Waals surface area contributed by atoms with E-state index in [1.165, 1.54) is 11.1 Å². The smallest absolute Gasteiger partial charge is 0.0408 e. The third-order valence-corrected chi connectivity index (χ3v) is 2.77. The first-order chi connectivity index (χ1) is 7.27. The molecule has 0 aliphatic rings. The van der Waals surface area contributed by atoms with Gasteiger partial charge in [0, 0.05) is 23.3 Å². The molecule has 0 amide bonds. The van der Waals surface area contributed by atoms with Gasteiger partial charge in [0.1, 0.15) is 0 Å². The van der Waals surface area contributed by atoms with E-state index in [9.17, 15) is 0 Å². The highest BCUT2D eigenvalue weighted by atomic mass is 35.5. The quantitative estimate of drug-likeness (QED) is 0.744. The Bertz CT molecular complexity index is 439. The number of hydrogen-bond acceptors (Lipinski definition) is 1. The second-order valence-corrected chi connectivity index (χ2v) is 4.00. The van der Waals surface area contributed by atoms with E-state index in [0.29, 0.717) is 5.92 Å². The molecule has 0 N–H and O–H groups in total. The Morgan fingerprint density at radius 3 is 2.60 bits per heavy atom. The van der Waals surface area contributed by atoms with E-state index in [2.05, 4.69) is 24.0 Å². The Morgan fingerprint density at radius 2 is 1.93 bits per heavy atom. The molecule has 2 heteroatoms. The lowest BCUT2D eigenvalue weighted by Gasteiger charge is -2.11. The number of nitrogens with zero attached hydrogens (tertiary/aromatic N) is 1. The number of hydrogen-bond donors (Lipinski definition) is 0. The van der Waals surface area contributed by atoms with Crippen molar-refractivity contribution in [3.8, 4) is 0 Å². The molecule has 2 aromatic rings. The minimum atomic E-state index is 0.331. The molecule has 2 rings (SSSR count).